The van der Waals surface area contributed by atoms with Gasteiger partial charge >= 0.3 is 0 Å². The average Bonchev–Trinajstić information content (AvgIpc) is 2.79. The van der Waals surface area contributed by atoms with Gasteiger partial charge < -0.3 is 14.8 Å². The molecule has 178 valence electrons. The molecule has 0 radical (unpaired) electrons. The Hall–Kier alpha value is -3.59. The molecule has 0 bridgehead atoms. The van der Waals surface area contributed by atoms with Crippen LogP contribution in [-0.4, -0.2) is 34.1 Å². The van der Waals surface area contributed by atoms with Crippen molar-refractivity contribution >= 4 is 27.3 Å². The molecule has 1 amide bonds. The monoisotopic (exact) mass is 484 g/mol. The van der Waals surface area contributed by atoms with E-state index < -0.39 is 28.3 Å². The highest BCUT2D eigenvalue weighted by Crippen LogP contribution is 2.34. The van der Waals surface area contributed by atoms with Crippen LogP contribution in [-0.2, 0) is 14.8 Å². The number of hydrogen-bond donors (Lipinski definition) is 1. The zero-order chi connectivity index (χ0) is 24.5. The summed E-state index contributed by atoms with van der Waals surface area (Å²) in [5.74, 6) is -0.446. The zero-order valence-electron chi connectivity index (χ0n) is 19.1. The van der Waals surface area contributed by atoms with Crippen molar-refractivity contribution in [1.82, 2.24) is 0 Å². The van der Waals surface area contributed by atoms with Crippen molar-refractivity contribution in [2.24, 2.45) is 0 Å². The molecule has 0 spiro atoms. The van der Waals surface area contributed by atoms with E-state index in [0.29, 0.717) is 30.4 Å². The summed E-state index contributed by atoms with van der Waals surface area (Å²) in [5.41, 5.74) is 3.42. The summed E-state index contributed by atoms with van der Waals surface area (Å²) in [6.45, 7) is 5.80. The van der Waals surface area contributed by atoms with Gasteiger partial charge in [-0.15, -0.1) is 0 Å². The lowest BCUT2D eigenvalue weighted by Gasteiger charge is -2.25. The Morgan fingerprint density at radius 3 is 2.32 bits per heavy atom. The van der Waals surface area contributed by atoms with Crippen molar-refractivity contribution in [3.63, 3.8) is 0 Å². The van der Waals surface area contributed by atoms with Gasteiger partial charge in [0.25, 0.3) is 10.0 Å². The number of carbonyl (C=O) groups excluding carboxylic acids is 1. The first kappa shape index (κ1) is 23.6. The first-order valence-electron chi connectivity index (χ1n) is 10.7. The highest BCUT2D eigenvalue weighted by atomic mass is 32.2. The second kappa shape index (κ2) is 9.34. The van der Waals surface area contributed by atoms with Crippen LogP contribution in [0.2, 0.25) is 0 Å². The number of nitrogens with one attached hydrogen (secondary N) is 1. The molecule has 1 heterocycles. The number of hydrogen-bond acceptors (Lipinski definition) is 5. The molecule has 1 aliphatic rings. The summed E-state index contributed by atoms with van der Waals surface area (Å²) in [4.78, 5) is 12.9. The minimum absolute atomic E-state index is 0.0300. The van der Waals surface area contributed by atoms with Crippen molar-refractivity contribution in [1.29, 1.82) is 0 Å². The van der Waals surface area contributed by atoms with Crippen LogP contribution in [0.5, 0.6) is 11.5 Å². The van der Waals surface area contributed by atoms with E-state index in [9.17, 15) is 17.6 Å². The number of anilines is 2. The molecule has 3 aromatic rings. The van der Waals surface area contributed by atoms with Gasteiger partial charge in [-0.2, -0.15) is 0 Å². The predicted octanol–water partition coefficient (Wildman–Crippen LogP) is 4.36. The van der Waals surface area contributed by atoms with E-state index in [4.69, 9.17) is 9.47 Å². The van der Waals surface area contributed by atoms with E-state index in [-0.39, 0.29) is 10.6 Å². The summed E-state index contributed by atoms with van der Waals surface area (Å²) in [5, 5.41) is 2.81. The van der Waals surface area contributed by atoms with E-state index in [2.05, 4.69) is 5.32 Å². The number of nitrogens with zero attached hydrogens (tertiary/aromatic N) is 1. The van der Waals surface area contributed by atoms with Crippen molar-refractivity contribution in [3.05, 3.63) is 77.1 Å². The number of ether oxygens (including phenoxy) is 2. The molecule has 0 aliphatic carbocycles. The smallest absolute Gasteiger partial charge is 0.264 e. The van der Waals surface area contributed by atoms with Gasteiger partial charge in [0.1, 0.15) is 25.6 Å². The number of sulfonamides is 1. The van der Waals surface area contributed by atoms with Crippen molar-refractivity contribution in [2.75, 3.05) is 29.4 Å². The molecular formula is C25H25FN2O5S. The second-order valence-electron chi connectivity index (χ2n) is 8.12. The lowest BCUT2D eigenvalue weighted by atomic mass is 10.1. The van der Waals surface area contributed by atoms with Crippen LogP contribution >= 0.6 is 0 Å². The Balaban J connectivity index is 1.70. The largest absolute Gasteiger partial charge is 0.486 e. The lowest BCUT2D eigenvalue weighted by molar-refractivity contribution is -0.114. The van der Waals surface area contributed by atoms with Crippen molar-refractivity contribution in [2.45, 2.75) is 25.7 Å². The molecule has 0 aromatic heterocycles. The number of halogens is 1. The molecule has 1 aliphatic heterocycles. The number of benzene rings is 3. The summed E-state index contributed by atoms with van der Waals surface area (Å²) in [7, 11) is -4.25. The van der Waals surface area contributed by atoms with Gasteiger partial charge in [0.15, 0.2) is 11.5 Å². The number of fused-ring (bicyclic) bond motifs is 1. The number of carbonyl (C=O) groups is 1. The summed E-state index contributed by atoms with van der Waals surface area (Å²) in [6.07, 6.45) is 0. The Kier molecular flexibility index (Phi) is 6.47. The standard InChI is InChI=1S/C25H25FN2O5S/c1-16-11-17(2)25(18(3)12-16)27-24(29)15-28(20-6-4-5-19(26)13-20)34(30,31)21-7-8-22-23(14-21)33-10-9-32-22/h4-8,11-14H,9-10,15H2,1-3H3,(H,27,29). The molecule has 4 rings (SSSR count). The Bertz CT molecular complexity index is 1330. The van der Waals surface area contributed by atoms with Gasteiger partial charge in [0.2, 0.25) is 5.91 Å². The van der Waals surface area contributed by atoms with Crippen LogP contribution in [0.4, 0.5) is 15.8 Å². The Morgan fingerprint density at radius 2 is 1.65 bits per heavy atom. The van der Waals surface area contributed by atoms with Crippen LogP contribution in [0, 0.1) is 26.6 Å². The van der Waals surface area contributed by atoms with Gasteiger partial charge in [-0.25, -0.2) is 12.8 Å². The third kappa shape index (κ3) is 4.84. The normalized spacial score (nSPS) is 12.8. The van der Waals surface area contributed by atoms with Gasteiger partial charge in [-0.3, -0.25) is 9.10 Å². The Morgan fingerprint density at radius 1 is 0.971 bits per heavy atom. The van der Waals surface area contributed by atoms with E-state index >= 15 is 0 Å². The number of amides is 1. The fraction of sp³-hybridized carbons (Fsp3) is 0.240. The summed E-state index contributed by atoms with van der Waals surface area (Å²) >= 11 is 0. The predicted molar refractivity (Wildman–Crippen MR) is 128 cm³/mol. The fourth-order valence-corrected chi connectivity index (χ4v) is 5.37. The average molecular weight is 485 g/mol. The molecule has 1 N–H and O–H groups in total. The van der Waals surface area contributed by atoms with Crippen LogP contribution in [0.1, 0.15) is 16.7 Å². The third-order valence-electron chi connectivity index (χ3n) is 5.43. The zero-order valence-corrected chi connectivity index (χ0v) is 19.9. The van der Waals surface area contributed by atoms with Gasteiger partial charge in [0.05, 0.1) is 10.6 Å². The van der Waals surface area contributed by atoms with Crippen molar-refractivity contribution < 1.29 is 27.1 Å². The molecule has 9 heteroatoms. The van der Waals surface area contributed by atoms with Crippen molar-refractivity contribution in [3.8, 4) is 11.5 Å². The first-order chi connectivity index (χ1) is 16.1. The highest BCUT2D eigenvalue weighted by Gasteiger charge is 2.29. The molecule has 34 heavy (non-hydrogen) atoms. The van der Waals surface area contributed by atoms with Gasteiger partial charge in [-0.1, -0.05) is 23.8 Å². The van der Waals surface area contributed by atoms with E-state index in [0.717, 1.165) is 27.1 Å². The van der Waals surface area contributed by atoms with E-state index in [1.165, 1.54) is 36.4 Å². The lowest BCUT2D eigenvalue weighted by Crippen LogP contribution is -2.38. The molecule has 0 unspecified atom stereocenters. The topological polar surface area (TPSA) is 84.9 Å². The van der Waals surface area contributed by atoms with Crippen LogP contribution in [0.15, 0.2) is 59.5 Å². The highest BCUT2D eigenvalue weighted by molar-refractivity contribution is 7.92. The maximum atomic E-state index is 14.0. The van der Waals surface area contributed by atoms with Crippen LogP contribution in [0.25, 0.3) is 0 Å². The minimum atomic E-state index is -4.25. The van der Waals surface area contributed by atoms with Gasteiger partial charge in [-0.05, 0) is 62.2 Å². The molecule has 3 aromatic carbocycles. The Labute approximate surface area is 198 Å². The SMILES string of the molecule is Cc1cc(C)c(NC(=O)CN(c2cccc(F)c2)S(=O)(=O)c2ccc3c(c2)OCCO3)c(C)c1. The van der Waals surface area contributed by atoms with Gasteiger partial charge in [0, 0.05) is 11.8 Å². The minimum Gasteiger partial charge on any atom is -0.486 e. The fourth-order valence-electron chi connectivity index (χ4n) is 3.94. The van der Waals surface area contributed by atoms with Crippen LogP contribution < -0.4 is 19.1 Å². The number of rotatable bonds is 6. The first-order valence-corrected chi connectivity index (χ1v) is 12.1. The number of aryl methyl sites for hydroxylation is 3. The molecule has 0 saturated heterocycles. The van der Waals surface area contributed by atoms with Crippen LogP contribution in [0.3, 0.4) is 0 Å². The quantitative estimate of drug-likeness (QED) is 0.562. The summed E-state index contributed by atoms with van der Waals surface area (Å²) in [6, 6.07) is 13.2. The summed E-state index contributed by atoms with van der Waals surface area (Å²) < 4.78 is 53.1. The molecule has 0 atom stereocenters. The maximum Gasteiger partial charge on any atom is 0.264 e. The molecular weight excluding hydrogens is 459 g/mol. The maximum absolute atomic E-state index is 14.0. The molecule has 0 fully saturated rings. The second-order valence-corrected chi connectivity index (χ2v) is 9.98. The van der Waals surface area contributed by atoms with E-state index in [1.54, 1.807) is 0 Å². The van der Waals surface area contributed by atoms with E-state index in [1.807, 2.05) is 32.9 Å². The third-order valence-corrected chi connectivity index (χ3v) is 7.20. The molecule has 0 saturated carbocycles. The molecule has 7 nitrogen and oxygen atoms in total.